The molecular formula is C23H21ClF3NO3. The molecule has 1 aromatic heterocycles. The van der Waals surface area contributed by atoms with Gasteiger partial charge in [-0.15, -0.1) is 0 Å². The fourth-order valence-electron chi connectivity index (χ4n) is 4.57. The Balaban J connectivity index is 1.80. The lowest BCUT2D eigenvalue weighted by Gasteiger charge is -2.22. The molecule has 1 unspecified atom stereocenters. The first-order valence-electron chi connectivity index (χ1n) is 10.2. The number of carbonyl (C=O) groups is 2. The van der Waals surface area contributed by atoms with E-state index in [0.717, 1.165) is 42.3 Å². The van der Waals surface area contributed by atoms with Crippen molar-refractivity contribution in [3.63, 3.8) is 0 Å². The summed E-state index contributed by atoms with van der Waals surface area (Å²) in [7, 11) is 0. The molecule has 0 radical (unpaired) electrons. The van der Waals surface area contributed by atoms with Crippen LogP contribution in [-0.4, -0.2) is 21.4 Å². The molecule has 1 heterocycles. The van der Waals surface area contributed by atoms with Crippen LogP contribution in [0.25, 0.3) is 5.70 Å². The van der Waals surface area contributed by atoms with Crippen LogP contribution < -0.4 is 0 Å². The van der Waals surface area contributed by atoms with E-state index in [4.69, 9.17) is 11.6 Å². The van der Waals surface area contributed by atoms with Gasteiger partial charge in [0.05, 0.1) is 22.1 Å². The van der Waals surface area contributed by atoms with Gasteiger partial charge in [-0.05, 0) is 62.6 Å². The molecule has 4 rings (SSSR count). The summed E-state index contributed by atoms with van der Waals surface area (Å²) in [6.45, 7) is 0. The van der Waals surface area contributed by atoms with E-state index >= 15 is 0 Å². The Morgan fingerprint density at radius 2 is 1.87 bits per heavy atom. The molecule has 0 saturated carbocycles. The third-order valence-electron chi connectivity index (χ3n) is 6.15. The number of nitrogens with zero attached hydrogens (tertiary/aromatic N) is 1. The fourth-order valence-corrected chi connectivity index (χ4v) is 4.83. The van der Waals surface area contributed by atoms with Gasteiger partial charge in [0, 0.05) is 23.2 Å². The van der Waals surface area contributed by atoms with Crippen LogP contribution >= 0.6 is 11.6 Å². The largest absolute Gasteiger partial charge is 0.481 e. The van der Waals surface area contributed by atoms with Gasteiger partial charge in [-0.25, -0.2) is 0 Å². The number of rotatable bonds is 4. The van der Waals surface area contributed by atoms with Crippen LogP contribution in [0, 0.1) is 5.92 Å². The van der Waals surface area contributed by atoms with Gasteiger partial charge in [0.25, 0.3) is 0 Å². The van der Waals surface area contributed by atoms with Gasteiger partial charge in [0.1, 0.15) is 0 Å². The zero-order valence-electron chi connectivity index (χ0n) is 16.6. The van der Waals surface area contributed by atoms with Crippen LogP contribution in [0.1, 0.15) is 64.8 Å². The summed E-state index contributed by atoms with van der Waals surface area (Å²) in [5.74, 6) is -2.00. The van der Waals surface area contributed by atoms with Crippen molar-refractivity contribution in [2.45, 2.75) is 51.1 Å². The first-order chi connectivity index (χ1) is 14.7. The Bertz CT molecular complexity index is 1080. The third-order valence-corrected chi connectivity index (χ3v) is 6.46. The van der Waals surface area contributed by atoms with Crippen molar-refractivity contribution in [2.24, 2.45) is 5.92 Å². The molecule has 0 fully saturated rings. The lowest BCUT2D eigenvalue weighted by atomic mass is 9.90. The highest BCUT2D eigenvalue weighted by Gasteiger charge is 2.38. The van der Waals surface area contributed by atoms with Gasteiger partial charge in [-0.3, -0.25) is 9.59 Å². The number of fused-ring (bicyclic) bond motifs is 1. The lowest BCUT2D eigenvalue weighted by molar-refractivity contribution is -0.142. The highest BCUT2D eigenvalue weighted by atomic mass is 35.5. The van der Waals surface area contributed by atoms with E-state index in [2.05, 4.69) is 0 Å². The molecule has 0 amide bonds. The molecular weight excluding hydrogens is 431 g/mol. The lowest BCUT2D eigenvalue weighted by Crippen LogP contribution is -2.18. The molecule has 2 aliphatic carbocycles. The van der Waals surface area contributed by atoms with Crippen molar-refractivity contribution in [1.82, 2.24) is 4.57 Å². The van der Waals surface area contributed by atoms with E-state index in [1.54, 1.807) is 6.20 Å². The van der Waals surface area contributed by atoms with Crippen molar-refractivity contribution < 1.29 is 27.9 Å². The SMILES string of the molecule is O=C(c1cn(C2=CCC(C(=O)O)CC2)c2c1CCCC2)c1c(Cl)cccc1C(F)(F)F. The zero-order chi connectivity index (χ0) is 22.3. The molecule has 4 nitrogen and oxygen atoms in total. The Labute approximate surface area is 182 Å². The number of aromatic nitrogens is 1. The van der Waals surface area contributed by atoms with Gasteiger partial charge in [0.2, 0.25) is 0 Å². The van der Waals surface area contributed by atoms with Crippen molar-refractivity contribution in [3.05, 3.63) is 63.4 Å². The molecule has 2 aromatic rings. The number of carboxylic acids is 1. The van der Waals surface area contributed by atoms with Crippen molar-refractivity contribution >= 4 is 29.1 Å². The average Bonchev–Trinajstić information content (AvgIpc) is 3.12. The van der Waals surface area contributed by atoms with E-state index in [-0.39, 0.29) is 10.6 Å². The van der Waals surface area contributed by atoms with E-state index < -0.39 is 35.0 Å². The predicted molar refractivity (Wildman–Crippen MR) is 110 cm³/mol. The molecule has 2 aliphatic rings. The van der Waals surface area contributed by atoms with E-state index in [9.17, 15) is 27.9 Å². The molecule has 0 bridgehead atoms. The summed E-state index contributed by atoms with van der Waals surface area (Å²) >= 11 is 6.07. The topological polar surface area (TPSA) is 59.3 Å². The van der Waals surface area contributed by atoms with Crippen LogP contribution in [0.15, 0.2) is 30.5 Å². The normalized spacial score (nSPS) is 19.0. The Hall–Kier alpha value is -2.54. The monoisotopic (exact) mass is 451 g/mol. The smallest absolute Gasteiger partial charge is 0.417 e. The summed E-state index contributed by atoms with van der Waals surface area (Å²) in [6.07, 6.45) is 3.31. The first kappa shape index (κ1) is 21.7. The second-order valence-corrected chi connectivity index (χ2v) is 8.45. The van der Waals surface area contributed by atoms with Gasteiger partial charge in [-0.1, -0.05) is 23.7 Å². The minimum absolute atomic E-state index is 0.224. The Morgan fingerprint density at radius 3 is 2.52 bits per heavy atom. The van der Waals surface area contributed by atoms with Crippen molar-refractivity contribution in [1.29, 1.82) is 0 Å². The number of ketones is 1. The number of benzene rings is 1. The molecule has 1 atom stereocenters. The maximum absolute atomic E-state index is 13.6. The van der Waals surface area contributed by atoms with Crippen LogP contribution in [0.3, 0.4) is 0 Å². The maximum Gasteiger partial charge on any atom is 0.417 e. The average molecular weight is 452 g/mol. The summed E-state index contributed by atoms with van der Waals surface area (Å²) in [4.78, 5) is 24.6. The van der Waals surface area contributed by atoms with Crippen molar-refractivity contribution in [2.75, 3.05) is 0 Å². The number of hydrogen-bond donors (Lipinski definition) is 1. The highest BCUT2D eigenvalue weighted by molar-refractivity contribution is 6.35. The number of carbonyl (C=O) groups excluding carboxylic acids is 1. The number of halogens is 4. The third kappa shape index (κ3) is 4.03. The predicted octanol–water partition coefficient (Wildman–Crippen LogP) is 6.00. The molecule has 31 heavy (non-hydrogen) atoms. The second-order valence-electron chi connectivity index (χ2n) is 8.04. The molecule has 1 N–H and O–H groups in total. The van der Waals surface area contributed by atoms with Crippen LogP contribution in [-0.2, 0) is 23.8 Å². The number of allylic oxidation sites excluding steroid dienone is 2. The fraction of sp³-hybridized carbons (Fsp3) is 0.391. The molecule has 1 aromatic carbocycles. The highest BCUT2D eigenvalue weighted by Crippen LogP contribution is 2.39. The quantitative estimate of drug-likeness (QED) is 0.580. The standard InChI is InChI=1S/C23H21ClF3NO3/c24-18-6-3-5-17(23(25,26)27)20(18)21(29)16-12-28(19-7-2-1-4-15(16)19)14-10-8-13(9-11-14)22(30)31/h3,5-6,10,12-13H,1-2,4,7-9,11H2,(H,30,31). The molecule has 8 heteroatoms. The zero-order valence-corrected chi connectivity index (χ0v) is 17.4. The number of carboxylic acid groups (broad SMARTS) is 1. The van der Waals surface area contributed by atoms with E-state index in [0.29, 0.717) is 25.7 Å². The Kier molecular flexibility index (Phi) is 5.73. The van der Waals surface area contributed by atoms with Gasteiger partial charge in [-0.2, -0.15) is 13.2 Å². The summed E-state index contributed by atoms with van der Waals surface area (Å²) in [6, 6.07) is 3.36. The molecule has 0 aliphatic heterocycles. The summed E-state index contributed by atoms with van der Waals surface area (Å²) in [5.41, 5.74) is 1.27. The van der Waals surface area contributed by atoms with Gasteiger partial charge in [0.15, 0.2) is 5.78 Å². The van der Waals surface area contributed by atoms with Crippen LogP contribution in [0.5, 0.6) is 0 Å². The molecule has 0 saturated heterocycles. The summed E-state index contributed by atoms with van der Waals surface area (Å²) < 4.78 is 42.6. The first-order valence-corrected chi connectivity index (χ1v) is 10.6. The number of alkyl halides is 3. The van der Waals surface area contributed by atoms with Crippen molar-refractivity contribution in [3.8, 4) is 0 Å². The van der Waals surface area contributed by atoms with E-state index in [1.165, 1.54) is 12.1 Å². The van der Waals surface area contributed by atoms with Crippen LogP contribution in [0.2, 0.25) is 5.02 Å². The minimum atomic E-state index is -4.70. The summed E-state index contributed by atoms with van der Waals surface area (Å²) in [5, 5.41) is 9.00. The van der Waals surface area contributed by atoms with Crippen LogP contribution in [0.4, 0.5) is 13.2 Å². The second kappa shape index (κ2) is 8.19. The van der Waals surface area contributed by atoms with Gasteiger partial charge >= 0.3 is 12.1 Å². The maximum atomic E-state index is 13.6. The number of aliphatic carboxylic acids is 1. The minimum Gasteiger partial charge on any atom is -0.481 e. The molecule has 164 valence electrons. The molecule has 0 spiro atoms. The Morgan fingerprint density at radius 1 is 1.13 bits per heavy atom. The van der Waals surface area contributed by atoms with E-state index in [1.807, 2.05) is 10.6 Å². The number of hydrogen-bond acceptors (Lipinski definition) is 2. The van der Waals surface area contributed by atoms with Gasteiger partial charge < -0.3 is 9.67 Å².